The van der Waals surface area contributed by atoms with Gasteiger partial charge in [0.2, 0.25) is 0 Å². The van der Waals surface area contributed by atoms with Gasteiger partial charge in [0.1, 0.15) is 12.4 Å². The summed E-state index contributed by atoms with van der Waals surface area (Å²) < 4.78 is 17.0. The van der Waals surface area contributed by atoms with Gasteiger partial charge >= 0.3 is 0 Å². The summed E-state index contributed by atoms with van der Waals surface area (Å²) in [6, 6.07) is 21.4. The van der Waals surface area contributed by atoms with Crippen LogP contribution in [0, 0.1) is 6.92 Å². The lowest BCUT2D eigenvalue weighted by atomic mass is 10.0. The fraction of sp³-hybridized carbons (Fsp3) is 0.259. The quantitative estimate of drug-likeness (QED) is 0.342. The summed E-state index contributed by atoms with van der Waals surface area (Å²) in [7, 11) is 1.58. The van der Waals surface area contributed by atoms with Gasteiger partial charge in [0.15, 0.2) is 18.1 Å². The number of methoxy groups -OCH3 is 1. The number of nitrogens with zero attached hydrogens (tertiary/aromatic N) is 1. The summed E-state index contributed by atoms with van der Waals surface area (Å²) in [4.78, 5) is 12.1. The summed E-state index contributed by atoms with van der Waals surface area (Å²) in [5, 5.41) is 4.02. The standard InChI is InChI=1S/C27H30N2O4/c1-19(2)23-12-10-20(3)25(15-23)33-18-27(30)29-28-16-22-11-13-24(26(14-22)31-4)32-17-21-8-6-5-7-9-21/h5-16,19H,17-18H2,1-4H3,(H,29,30)/b28-16-. The number of benzene rings is 3. The van der Waals surface area contributed by atoms with Gasteiger partial charge in [-0.25, -0.2) is 5.43 Å². The first kappa shape index (κ1) is 23.9. The van der Waals surface area contributed by atoms with E-state index in [2.05, 4.69) is 30.4 Å². The van der Waals surface area contributed by atoms with Crippen molar-refractivity contribution in [2.24, 2.45) is 5.10 Å². The van der Waals surface area contributed by atoms with Crippen LogP contribution in [0.4, 0.5) is 0 Å². The molecular weight excluding hydrogens is 416 g/mol. The second-order valence-corrected chi connectivity index (χ2v) is 7.95. The average Bonchev–Trinajstić information content (AvgIpc) is 2.83. The second-order valence-electron chi connectivity index (χ2n) is 7.95. The van der Waals surface area contributed by atoms with E-state index in [1.54, 1.807) is 19.4 Å². The number of rotatable bonds is 10. The number of hydrogen-bond acceptors (Lipinski definition) is 5. The van der Waals surface area contributed by atoms with E-state index in [4.69, 9.17) is 14.2 Å². The van der Waals surface area contributed by atoms with Gasteiger partial charge in [-0.3, -0.25) is 4.79 Å². The van der Waals surface area contributed by atoms with Crippen molar-refractivity contribution in [1.29, 1.82) is 0 Å². The van der Waals surface area contributed by atoms with Crippen LogP contribution in [0.2, 0.25) is 0 Å². The molecule has 0 fully saturated rings. The van der Waals surface area contributed by atoms with E-state index in [-0.39, 0.29) is 12.5 Å². The predicted octanol–water partition coefficient (Wildman–Crippen LogP) is 5.24. The molecule has 6 nitrogen and oxygen atoms in total. The first-order chi connectivity index (χ1) is 16.0. The minimum atomic E-state index is -0.338. The molecule has 0 saturated carbocycles. The van der Waals surface area contributed by atoms with Gasteiger partial charge in [-0.15, -0.1) is 0 Å². The van der Waals surface area contributed by atoms with Crippen LogP contribution >= 0.6 is 0 Å². The van der Waals surface area contributed by atoms with Gasteiger partial charge in [-0.05, 0) is 59.4 Å². The molecule has 1 N–H and O–H groups in total. The Kier molecular flexibility index (Phi) is 8.47. The summed E-state index contributed by atoms with van der Waals surface area (Å²) in [5.74, 6) is 1.98. The fourth-order valence-corrected chi connectivity index (χ4v) is 3.10. The molecular formula is C27H30N2O4. The number of nitrogens with one attached hydrogen (secondary N) is 1. The number of hydrogen-bond donors (Lipinski definition) is 1. The van der Waals surface area contributed by atoms with E-state index in [1.165, 1.54) is 5.56 Å². The van der Waals surface area contributed by atoms with Crippen molar-refractivity contribution in [2.45, 2.75) is 33.3 Å². The Hall–Kier alpha value is -3.80. The van der Waals surface area contributed by atoms with Gasteiger partial charge < -0.3 is 14.2 Å². The Bertz CT molecular complexity index is 1090. The number of carbonyl (C=O) groups excluding carboxylic acids is 1. The third-order valence-corrected chi connectivity index (χ3v) is 5.07. The Balaban J connectivity index is 1.53. The first-order valence-electron chi connectivity index (χ1n) is 10.9. The molecule has 0 aromatic heterocycles. The minimum Gasteiger partial charge on any atom is -0.493 e. The highest BCUT2D eigenvalue weighted by Gasteiger charge is 2.08. The zero-order valence-electron chi connectivity index (χ0n) is 19.5. The Labute approximate surface area is 195 Å². The summed E-state index contributed by atoms with van der Waals surface area (Å²) in [6.45, 7) is 6.52. The molecule has 0 bridgehead atoms. The lowest BCUT2D eigenvalue weighted by molar-refractivity contribution is -0.123. The van der Waals surface area contributed by atoms with Crippen LogP contribution in [0.5, 0.6) is 17.2 Å². The van der Waals surface area contributed by atoms with Crippen molar-refractivity contribution >= 4 is 12.1 Å². The normalized spacial score (nSPS) is 10.9. The lowest BCUT2D eigenvalue weighted by Gasteiger charge is -2.12. The third kappa shape index (κ3) is 7.10. The molecule has 3 aromatic rings. The van der Waals surface area contributed by atoms with E-state index >= 15 is 0 Å². The number of carbonyl (C=O) groups is 1. The van der Waals surface area contributed by atoms with Crippen molar-refractivity contribution in [3.05, 3.63) is 89.0 Å². The molecule has 0 atom stereocenters. The van der Waals surface area contributed by atoms with Gasteiger partial charge in [-0.1, -0.05) is 56.3 Å². The Morgan fingerprint density at radius 3 is 2.48 bits per heavy atom. The Morgan fingerprint density at radius 1 is 0.970 bits per heavy atom. The number of hydrazone groups is 1. The molecule has 0 unspecified atom stereocenters. The van der Waals surface area contributed by atoms with Crippen LogP contribution in [0.3, 0.4) is 0 Å². The molecule has 3 rings (SSSR count). The van der Waals surface area contributed by atoms with Crippen LogP contribution in [0.25, 0.3) is 0 Å². The SMILES string of the molecule is COc1cc(/C=N\NC(=O)COc2cc(C(C)C)ccc2C)ccc1OCc1ccccc1. The van der Waals surface area contributed by atoms with Crippen molar-refractivity contribution in [1.82, 2.24) is 5.43 Å². The molecule has 0 radical (unpaired) electrons. The van der Waals surface area contributed by atoms with Crippen molar-refractivity contribution in [3.8, 4) is 17.2 Å². The van der Waals surface area contributed by atoms with Gasteiger partial charge in [0, 0.05) is 0 Å². The van der Waals surface area contributed by atoms with E-state index in [9.17, 15) is 4.79 Å². The fourth-order valence-electron chi connectivity index (χ4n) is 3.10. The second kappa shape index (κ2) is 11.7. The molecule has 6 heteroatoms. The maximum absolute atomic E-state index is 12.1. The predicted molar refractivity (Wildman–Crippen MR) is 130 cm³/mol. The van der Waals surface area contributed by atoms with E-state index in [1.807, 2.05) is 61.5 Å². The van der Waals surface area contributed by atoms with E-state index in [0.29, 0.717) is 29.8 Å². The molecule has 0 saturated heterocycles. The van der Waals surface area contributed by atoms with Crippen LogP contribution in [0.15, 0.2) is 71.8 Å². The molecule has 0 spiro atoms. The summed E-state index contributed by atoms with van der Waals surface area (Å²) in [6.07, 6.45) is 1.55. The minimum absolute atomic E-state index is 0.116. The molecule has 0 heterocycles. The highest BCUT2D eigenvalue weighted by Crippen LogP contribution is 2.28. The number of ether oxygens (including phenoxy) is 3. The average molecular weight is 447 g/mol. The topological polar surface area (TPSA) is 69.2 Å². The lowest BCUT2D eigenvalue weighted by Crippen LogP contribution is -2.24. The van der Waals surface area contributed by atoms with E-state index < -0.39 is 0 Å². The highest BCUT2D eigenvalue weighted by atomic mass is 16.5. The maximum Gasteiger partial charge on any atom is 0.277 e. The molecule has 0 aliphatic carbocycles. The first-order valence-corrected chi connectivity index (χ1v) is 10.9. The molecule has 33 heavy (non-hydrogen) atoms. The number of amides is 1. The van der Waals surface area contributed by atoms with E-state index in [0.717, 1.165) is 16.7 Å². The van der Waals surface area contributed by atoms with Gasteiger partial charge in [-0.2, -0.15) is 5.10 Å². The van der Waals surface area contributed by atoms with Crippen molar-refractivity contribution in [2.75, 3.05) is 13.7 Å². The summed E-state index contributed by atoms with van der Waals surface area (Å²) in [5.41, 5.74) is 6.48. The molecule has 3 aromatic carbocycles. The van der Waals surface area contributed by atoms with Crippen LogP contribution in [-0.2, 0) is 11.4 Å². The largest absolute Gasteiger partial charge is 0.493 e. The molecule has 172 valence electrons. The zero-order valence-corrected chi connectivity index (χ0v) is 19.5. The maximum atomic E-state index is 12.1. The monoisotopic (exact) mass is 446 g/mol. The van der Waals surface area contributed by atoms with Gasteiger partial charge in [0.05, 0.1) is 13.3 Å². The molecule has 1 amide bonds. The van der Waals surface area contributed by atoms with Crippen LogP contribution in [0.1, 0.15) is 42.0 Å². The van der Waals surface area contributed by atoms with Crippen LogP contribution < -0.4 is 19.6 Å². The Morgan fingerprint density at radius 2 is 1.76 bits per heavy atom. The van der Waals surface area contributed by atoms with Crippen molar-refractivity contribution in [3.63, 3.8) is 0 Å². The van der Waals surface area contributed by atoms with Crippen molar-refractivity contribution < 1.29 is 19.0 Å². The molecule has 0 aliphatic heterocycles. The van der Waals surface area contributed by atoms with Crippen LogP contribution in [-0.4, -0.2) is 25.8 Å². The smallest absolute Gasteiger partial charge is 0.277 e. The third-order valence-electron chi connectivity index (χ3n) is 5.07. The molecule has 0 aliphatic rings. The zero-order chi connectivity index (χ0) is 23.6. The number of aryl methyl sites for hydroxylation is 1. The highest BCUT2D eigenvalue weighted by molar-refractivity contribution is 5.83. The summed E-state index contributed by atoms with van der Waals surface area (Å²) >= 11 is 0. The van der Waals surface area contributed by atoms with Gasteiger partial charge in [0.25, 0.3) is 5.91 Å².